The molecule has 0 amide bonds. The van der Waals surface area contributed by atoms with Gasteiger partial charge in [-0.2, -0.15) is 0 Å². The van der Waals surface area contributed by atoms with Gasteiger partial charge in [0.05, 0.1) is 5.25 Å². The van der Waals surface area contributed by atoms with E-state index in [9.17, 15) is 8.42 Å². The molecule has 1 aliphatic rings. The molecule has 1 N–H and O–H groups in total. The molecule has 0 radical (unpaired) electrons. The maximum absolute atomic E-state index is 11.7. The summed E-state index contributed by atoms with van der Waals surface area (Å²) in [5, 5.41) is 4.08. The highest BCUT2D eigenvalue weighted by atomic mass is 35.5. The van der Waals surface area contributed by atoms with E-state index in [1.165, 1.54) is 6.26 Å². The molecule has 3 atom stereocenters. The Balaban J connectivity index is 1.99. The largest absolute Gasteiger partial charge is 0.307 e. The summed E-state index contributed by atoms with van der Waals surface area (Å²) in [5.74, 6) is 0. The van der Waals surface area contributed by atoms with Crippen LogP contribution >= 0.6 is 11.6 Å². The van der Waals surface area contributed by atoms with E-state index in [2.05, 4.69) is 12.2 Å². The fraction of sp³-hybridized carbons (Fsp3) is 0.600. The molecule has 0 bridgehead atoms. The fourth-order valence-electron chi connectivity index (χ4n) is 2.91. The van der Waals surface area contributed by atoms with E-state index in [4.69, 9.17) is 11.6 Å². The quantitative estimate of drug-likeness (QED) is 0.927. The molecule has 1 fully saturated rings. The van der Waals surface area contributed by atoms with Gasteiger partial charge in [-0.15, -0.1) is 0 Å². The number of halogens is 1. The lowest BCUT2D eigenvalue weighted by Gasteiger charge is -2.31. The molecule has 1 aromatic carbocycles. The van der Waals surface area contributed by atoms with Crippen LogP contribution in [0.15, 0.2) is 24.3 Å². The number of nitrogens with one attached hydrogen (secondary N) is 1. The third kappa shape index (κ3) is 4.21. The van der Waals surface area contributed by atoms with Crippen molar-refractivity contribution < 1.29 is 8.42 Å². The second kappa shape index (κ2) is 6.46. The minimum Gasteiger partial charge on any atom is -0.307 e. The summed E-state index contributed by atoms with van der Waals surface area (Å²) in [5.41, 5.74) is 1.14. The molecule has 2 unspecified atom stereocenters. The third-order valence-corrected chi connectivity index (χ3v) is 5.94. The summed E-state index contributed by atoms with van der Waals surface area (Å²) in [6, 6.07) is 8.24. The normalized spacial score (nSPS) is 25.4. The summed E-state index contributed by atoms with van der Waals surface area (Å²) in [6.45, 7) is 2.09. The van der Waals surface area contributed by atoms with Crippen LogP contribution in [0.5, 0.6) is 0 Å². The first kappa shape index (κ1) is 15.8. The van der Waals surface area contributed by atoms with Gasteiger partial charge in [0.1, 0.15) is 9.84 Å². The highest BCUT2D eigenvalue weighted by molar-refractivity contribution is 7.91. The second-order valence-corrected chi connectivity index (χ2v) is 8.52. The molecule has 0 aliphatic heterocycles. The smallest absolute Gasteiger partial charge is 0.150 e. The van der Waals surface area contributed by atoms with Crippen molar-refractivity contribution in [2.24, 2.45) is 0 Å². The van der Waals surface area contributed by atoms with E-state index in [1.807, 2.05) is 24.3 Å². The van der Waals surface area contributed by atoms with Crippen LogP contribution in [0, 0.1) is 0 Å². The van der Waals surface area contributed by atoms with Crippen molar-refractivity contribution in [2.75, 3.05) is 6.26 Å². The lowest BCUT2D eigenvalue weighted by molar-refractivity contribution is 0.346. The summed E-state index contributed by atoms with van der Waals surface area (Å²) in [6.07, 6.45) is 4.86. The minimum absolute atomic E-state index is 0.178. The van der Waals surface area contributed by atoms with Gasteiger partial charge in [-0.3, -0.25) is 0 Å². The molecule has 0 saturated heterocycles. The number of sulfone groups is 1. The SMILES string of the molecule is C[C@H](NC1CCCC(S(C)(=O)=O)C1)c1cccc(Cl)c1. The summed E-state index contributed by atoms with van der Waals surface area (Å²) in [4.78, 5) is 0. The highest BCUT2D eigenvalue weighted by Crippen LogP contribution is 2.26. The first-order valence-electron chi connectivity index (χ1n) is 7.06. The molecule has 1 aromatic rings. The van der Waals surface area contributed by atoms with Crippen molar-refractivity contribution in [2.45, 2.75) is 49.9 Å². The monoisotopic (exact) mass is 315 g/mol. The molecule has 1 saturated carbocycles. The summed E-state index contributed by atoms with van der Waals surface area (Å²) >= 11 is 6.01. The molecule has 112 valence electrons. The van der Waals surface area contributed by atoms with E-state index in [-0.39, 0.29) is 17.3 Å². The molecule has 3 nitrogen and oxygen atoms in total. The maximum atomic E-state index is 11.7. The fourth-order valence-corrected chi connectivity index (χ4v) is 4.29. The lowest BCUT2D eigenvalue weighted by Crippen LogP contribution is -2.39. The van der Waals surface area contributed by atoms with E-state index >= 15 is 0 Å². The van der Waals surface area contributed by atoms with Crippen molar-refractivity contribution in [1.29, 1.82) is 0 Å². The molecule has 0 aromatic heterocycles. The van der Waals surface area contributed by atoms with Gasteiger partial charge in [-0.1, -0.05) is 30.2 Å². The maximum Gasteiger partial charge on any atom is 0.150 e. The predicted octanol–water partition coefficient (Wildman–Crippen LogP) is 3.35. The van der Waals surface area contributed by atoms with Crippen LogP contribution in [0.25, 0.3) is 0 Å². The van der Waals surface area contributed by atoms with E-state index in [0.29, 0.717) is 6.42 Å². The summed E-state index contributed by atoms with van der Waals surface area (Å²) < 4.78 is 23.4. The Hall–Kier alpha value is -0.580. The summed E-state index contributed by atoms with van der Waals surface area (Å²) in [7, 11) is -2.93. The van der Waals surface area contributed by atoms with Gasteiger partial charge in [-0.25, -0.2) is 8.42 Å². The van der Waals surface area contributed by atoms with Gasteiger partial charge in [-0.05, 0) is 43.9 Å². The average Bonchev–Trinajstić information content (AvgIpc) is 2.38. The second-order valence-electron chi connectivity index (χ2n) is 5.76. The molecule has 5 heteroatoms. The van der Waals surface area contributed by atoms with E-state index in [0.717, 1.165) is 29.8 Å². The molecule has 0 heterocycles. The zero-order chi connectivity index (χ0) is 14.8. The Labute approximate surface area is 126 Å². The van der Waals surface area contributed by atoms with E-state index < -0.39 is 9.84 Å². The van der Waals surface area contributed by atoms with Crippen molar-refractivity contribution in [3.05, 3.63) is 34.9 Å². The van der Waals surface area contributed by atoms with Crippen LogP contribution in [0.1, 0.15) is 44.2 Å². The highest BCUT2D eigenvalue weighted by Gasteiger charge is 2.29. The average molecular weight is 316 g/mol. The first-order valence-corrected chi connectivity index (χ1v) is 9.40. The molecular formula is C15H22ClNO2S. The Bertz CT molecular complexity index is 559. The van der Waals surface area contributed by atoms with Crippen LogP contribution in [-0.2, 0) is 9.84 Å². The van der Waals surface area contributed by atoms with Crippen LogP contribution < -0.4 is 5.32 Å². The number of hydrogen-bond donors (Lipinski definition) is 1. The van der Waals surface area contributed by atoms with Crippen LogP contribution in [0.2, 0.25) is 5.02 Å². The van der Waals surface area contributed by atoms with Gasteiger partial charge in [0.25, 0.3) is 0 Å². The van der Waals surface area contributed by atoms with Crippen molar-refractivity contribution in [3.63, 3.8) is 0 Å². The van der Waals surface area contributed by atoms with Gasteiger partial charge in [0.2, 0.25) is 0 Å². The lowest BCUT2D eigenvalue weighted by atomic mass is 9.93. The molecule has 1 aliphatic carbocycles. The Morgan fingerprint density at radius 2 is 2.10 bits per heavy atom. The zero-order valence-corrected chi connectivity index (χ0v) is 13.5. The first-order chi connectivity index (χ1) is 9.36. The number of benzene rings is 1. The number of hydrogen-bond acceptors (Lipinski definition) is 3. The van der Waals surface area contributed by atoms with E-state index in [1.54, 1.807) is 0 Å². The zero-order valence-electron chi connectivity index (χ0n) is 12.0. The van der Waals surface area contributed by atoms with Crippen molar-refractivity contribution >= 4 is 21.4 Å². The van der Waals surface area contributed by atoms with Crippen LogP contribution in [-0.4, -0.2) is 26.0 Å². The Morgan fingerprint density at radius 3 is 2.75 bits per heavy atom. The topological polar surface area (TPSA) is 46.2 Å². The minimum atomic E-state index is -2.93. The van der Waals surface area contributed by atoms with Gasteiger partial charge in [0.15, 0.2) is 0 Å². The predicted molar refractivity (Wildman–Crippen MR) is 83.9 cm³/mol. The standard InChI is InChI=1S/C15H22ClNO2S/c1-11(12-5-3-6-13(16)9-12)17-14-7-4-8-15(10-14)20(2,18)19/h3,5-6,9,11,14-15,17H,4,7-8,10H2,1-2H3/t11-,14?,15?/m0/s1. The van der Waals surface area contributed by atoms with Crippen LogP contribution in [0.4, 0.5) is 0 Å². The van der Waals surface area contributed by atoms with Gasteiger partial charge < -0.3 is 5.32 Å². The van der Waals surface area contributed by atoms with Crippen molar-refractivity contribution in [3.8, 4) is 0 Å². The Morgan fingerprint density at radius 1 is 1.35 bits per heavy atom. The molecule has 2 rings (SSSR count). The molecule has 20 heavy (non-hydrogen) atoms. The third-order valence-electron chi connectivity index (χ3n) is 4.07. The van der Waals surface area contributed by atoms with Gasteiger partial charge in [0, 0.05) is 23.4 Å². The Kier molecular flexibility index (Phi) is 5.10. The molecule has 0 spiro atoms. The molecular weight excluding hydrogens is 294 g/mol. The van der Waals surface area contributed by atoms with Gasteiger partial charge >= 0.3 is 0 Å². The number of rotatable bonds is 4. The van der Waals surface area contributed by atoms with Crippen LogP contribution in [0.3, 0.4) is 0 Å². The van der Waals surface area contributed by atoms with Crippen molar-refractivity contribution in [1.82, 2.24) is 5.32 Å².